The molecule has 0 atom stereocenters. The second-order valence-corrected chi connectivity index (χ2v) is 8.24. The van der Waals surface area contributed by atoms with Gasteiger partial charge in [-0.15, -0.1) is 0 Å². The minimum atomic E-state index is -0.333. The van der Waals surface area contributed by atoms with Gasteiger partial charge in [-0.2, -0.15) is 0 Å². The lowest BCUT2D eigenvalue weighted by molar-refractivity contribution is -0.141. The predicted octanol–water partition coefficient (Wildman–Crippen LogP) is 5.59. The van der Waals surface area contributed by atoms with Crippen LogP contribution in [0.4, 0.5) is 0 Å². The van der Waals surface area contributed by atoms with Crippen LogP contribution in [0.15, 0.2) is 48.5 Å². The summed E-state index contributed by atoms with van der Waals surface area (Å²) < 4.78 is 20.7. The summed E-state index contributed by atoms with van der Waals surface area (Å²) in [6.45, 7) is 0.528. The third-order valence-electron chi connectivity index (χ3n) is 5.68. The van der Waals surface area contributed by atoms with Gasteiger partial charge in [-0.05, 0) is 61.9 Å². The van der Waals surface area contributed by atoms with Crippen molar-refractivity contribution in [2.45, 2.75) is 51.4 Å². The molecule has 0 unspecified atom stereocenters. The fourth-order valence-corrected chi connectivity index (χ4v) is 3.63. The molecule has 0 aromatic heterocycles. The van der Waals surface area contributed by atoms with Crippen LogP contribution in [-0.4, -0.2) is 45.7 Å². The van der Waals surface area contributed by atoms with Crippen molar-refractivity contribution < 1.29 is 33.3 Å². The number of allylic oxidation sites excluding steroid dienone is 1. The Morgan fingerprint density at radius 3 is 2.31 bits per heavy atom. The van der Waals surface area contributed by atoms with Gasteiger partial charge in [0, 0.05) is 30.4 Å². The Bertz CT molecular complexity index is 1030. The van der Waals surface area contributed by atoms with Crippen molar-refractivity contribution in [3.8, 4) is 11.5 Å². The van der Waals surface area contributed by atoms with Crippen molar-refractivity contribution in [2.24, 2.45) is 0 Å². The summed E-state index contributed by atoms with van der Waals surface area (Å²) in [5.41, 5.74) is 2.37. The van der Waals surface area contributed by atoms with Gasteiger partial charge in [0.2, 0.25) is 0 Å². The largest absolute Gasteiger partial charge is 0.496 e. The molecule has 0 N–H and O–H groups in total. The van der Waals surface area contributed by atoms with Gasteiger partial charge in [0.15, 0.2) is 5.78 Å². The molecule has 0 bridgehead atoms. The summed E-state index contributed by atoms with van der Waals surface area (Å²) in [6.07, 6.45) is 8.39. The molecule has 2 rings (SSSR count). The quantitative estimate of drug-likeness (QED) is 0.170. The van der Waals surface area contributed by atoms with Crippen molar-refractivity contribution in [2.75, 3.05) is 27.9 Å². The highest BCUT2D eigenvalue weighted by Gasteiger charge is 2.13. The van der Waals surface area contributed by atoms with Crippen LogP contribution in [0.1, 0.15) is 66.4 Å². The Labute approximate surface area is 213 Å². The smallest absolute Gasteiger partial charge is 0.305 e. The second-order valence-electron chi connectivity index (χ2n) is 8.24. The zero-order chi connectivity index (χ0) is 26.2. The minimum absolute atomic E-state index is 0.0633. The van der Waals surface area contributed by atoms with Gasteiger partial charge in [0.1, 0.15) is 11.5 Å². The number of rotatable bonds is 16. The van der Waals surface area contributed by atoms with E-state index >= 15 is 0 Å². The molecule has 2 aromatic carbocycles. The summed E-state index contributed by atoms with van der Waals surface area (Å²) in [6, 6.07) is 13.2. The first kappa shape index (κ1) is 28.6. The lowest BCUT2D eigenvalue weighted by Gasteiger charge is -2.13. The maximum absolute atomic E-state index is 12.6. The van der Waals surface area contributed by atoms with Crippen LogP contribution < -0.4 is 9.47 Å². The van der Waals surface area contributed by atoms with Crippen LogP contribution >= 0.6 is 0 Å². The van der Waals surface area contributed by atoms with Crippen LogP contribution in [0.5, 0.6) is 11.5 Å². The molecule has 0 saturated carbocycles. The maximum atomic E-state index is 12.6. The molecule has 194 valence electrons. The van der Waals surface area contributed by atoms with Gasteiger partial charge in [-0.25, -0.2) is 0 Å². The number of Topliss-reactive ketones (excluding diaryl/α,β-unsaturated/α-hetero) is 1. The number of esters is 2. The van der Waals surface area contributed by atoms with Crippen molar-refractivity contribution in [3.63, 3.8) is 0 Å². The lowest BCUT2D eigenvalue weighted by atomic mass is 10.00. The molecule has 0 radical (unpaired) electrons. The number of unbranched alkanes of at least 4 members (excludes halogenated alkanes) is 2. The number of ether oxygens (including phenoxy) is 4. The molecule has 0 amide bonds. The highest BCUT2D eigenvalue weighted by Crippen LogP contribution is 2.24. The molecule has 0 aliphatic carbocycles. The van der Waals surface area contributed by atoms with Crippen LogP contribution in [0, 0.1) is 0 Å². The summed E-state index contributed by atoms with van der Waals surface area (Å²) in [4.78, 5) is 35.5. The van der Waals surface area contributed by atoms with Crippen LogP contribution in [0.3, 0.4) is 0 Å². The zero-order valence-corrected chi connectivity index (χ0v) is 21.4. The number of hydrogen-bond donors (Lipinski definition) is 0. The molecule has 0 fully saturated rings. The molecule has 2 aromatic rings. The van der Waals surface area contributed by atoms with Crippen molar-refractivity contribution in [3.05, 3.63) is 65.2 Å². The maximum Gasteiger partial charge on any atom is 0.305 e. The van der Waals surface area contributed by atoms with Gasteiger partial charge >= 0.3 is 11.9 Å². The highest BCUT2D eigenvalue weighted by molar-refractivity contribution is 5.96. The second kappa shape index (κ2) is 16.1. The molecule has 0 aliphatic heterocycles. The number of carbonyl (C=O) groups excluding carboxylic acids is 3. The van der Waals surface area contributed by atoms with E-state index in [2.05, 4.69) is 16.9 Å². The van der Waals surface area contributed by atoms with Crippen molar-refractivity contribution >= 4 is 23.8 Å². The predicted molar refractivity (Wildman–Crippen MR) is 138 cm³/mol. The molecule has 0 saturated heterocycles. The number of aryl methyl sites for hydroxylation is 1. The number of benzene rings is 2. The molecule has 0 spiro atoms. The van der Waals surface area contributed by atoms with Gasteiger partial charge in [0.25, 0.3) is 0 Å². The van der Waals surface area contributed by atoms with Crippen LogP contribution in [0.25, 0.3) is 6.08 Å². The minimum Gasteiger partial charge on any atom is -0.496 e. The average molecular weight is 497 g/mol. The molecule has 36 heavy (non-hydrogen) atoms. The third kappa shape index (κ3) is 9.94. The van der Waals surface area contributed by atoms with Crippen LogP contribution in [-0.2, 0) is 25.5 Å². The van der Waals surface area contributed by atoms with Gasteiger partial charge in [-0.3, -0.25) is 14.4 Å². The number of methoxy groups -OCH3 is 3. The van der Waals surface area contributed by atoms with E-state index in [0.717, 1.165) is 36.1 Å². The number of para-hydroxylation sites is 1. The van der Waals surface area contributed by atoms with E-state index in [-0.39, 0.29) is 37.0 Å². The molecule has 0 aliphatic rings. The van der Waals surface area contributed by atoms with E-state index in [4.69, 9.17) is 14.2 Å². The summed E-state index contributed by atoms with van der Waals surface area (Å²) in [5.74, 6) is 0.793. The molecule has 0 heterocycles. The lowest BCUT2D eigenvalue weighted by Crippen LogP contribution is -2.07. The Kier molecular flexibility index (Phi) is 12.8. The molecular formula is C29H36O7. The van der Waals surface area contributed by atoms with Gasteiger partial charge in [0.05, 0.1) is 27.9 Å². The van der Waals surface area contributed by atoms with Crippen molar-refractivity contribution in [1.82, 2.24) is 0 Å². The Hall–Kier alpha value is -3.61. The Morgan fingerprint density at radius 2 is 1.56 bits per heavy atom. The number of carbonyl (C=O) groups is 3. The first-order chi connectivity index (χ1) is 17.5. The monoisotopic (exact) mass is 496 g/mol. The van der Waals surface area contributed by atoms with E-state index in [1.54, 1.807) is 25.3 Å². The Morgan fingerprint density at radius 1 is 0.806 bits per heavy atom. The zero-order valence-electron chi connectivity index (χ0n) is 21.4. The van der Waals surface area contributed by atoms with E-state index in [1.165, 1.54) is 14.2 Å². The standard InChI is InChI=1S/C29H36O7/c1-33-26-14-8-7-12-22(26)11-6-4-5-9-20-36-27-18-16-23(21-24(27)17-19-29(32)35-3)25(30)13-10-15-28(31)34-2/h6-8,11-12,14,16,18,21H,4-5,9-10,13,15,17,19-20H2,1-3H3/b11-6+. The van der Waals surface area contributed by atoms with Crippen LogP contribution in [0.2, 0.25) is 0 Å². The third-order valence-corrected chi connectivity index (χ3v) is 5.68. The molecule has 7 nitrogen and oxygen atoms in total. The van der Waals surface area contributed by atoms with E-state index < -0.39 is 0 Å². The van der Waals surface area contributed by atoms with E-state index in [1.807, 2.05) is 24.3 Å². The summed E-state index contributed by atoms with van der Waals surface area (Å²) >= 11 is 0. The Balaban J connectivity index is 1.90. The van der Waals surface area contributed by atoms with Gasteiger partial charge < -0.3 is 18.9 Å². The van der Waals surface area contributed by atoms with Crippen molar-refractivity contribution in [1.29, 1.82) is 0 Å². The summed E-state index contributed by atoms with van der Waals surface area (Å²) in [5, 5.41) is 0. The first-order valence-corrected chi connectivity index (χ1v) is 12.2. The fraction of sp³-hybridized carbons (Fsp3) is 0.414. The van der Waals surface area contributed by atoms with E-state index in [9.17, 15) is 14.4 Å². The average Bonchev–Trinajstić information content (AvgIpc) is 2.91. The molecule has 7 heteroatoms. The first-order valence-electron chi connectivity index (χ1n) is 12.2. The highest BCUT2D eigenvalue weighted by atomic mass is 16.5. The molecular weight excluding hydrogens is 460 g/mol. The normalized spacial score (nSPS) is 10.8. The fourth-order valence-electron chi connectivity index (χ4n) is 3.63. The SMILES string of the molecule is COC(=O)CCCC(=O)c1ccc(OCCCC/C=C/c2ccccc2OC)c(CCC(=O)OC)c1. The van der Waals surface area contributed by atoms with Gasteiger partial charge in [-0.1, -0.05) is 30.4 Å². The summed E-state index contributed by atoms with van der Waals surface area (Å²) in [7, 11) is 4.34. The van der Waals surface area contributed by atoms with E-state index in [0.29, 0.717) is 30.8 Å². The number of ketones is 1. The topological polar surface area (TPSA) is 88.1 Å². The number of hydrogen-bond acceptors (Lipinski definition) is 7.